The SMILES string of the molecule is Cc1ccc(C(=O)COc2ccc(C)c(C)c2)cc1. The summed E-state index contributed by atoms with van der Waals surface area (Å²) in [5.41, 5.74) is 4.22. The second kappa shape index (κ2) is 5.70. The van der Waals surface area contributed by atoms with Crippen molar-refractivity contribution < 1.29 is 9.53 Å². The second-order valence-electron chi connectivity index (χ2n) is 4.82. The molecule has 0 N–H and O–H groups in total. The number of hydrogen-bond donors (Lipinski definition) is 0. The van der Waals surface area contributed by atoms with Gasteiger partial charge in [-0.2, -0.15) is 0 Å². The molecule has 0 heterocycles. The minimum Gasteiger partial charge on any atom is -0.485 e. The number of carbonyl (C=O) groups excluding carboxylic acids is 1. The lowest BCUT2D eigenvalue weighted by molar-refractivity contribution is 0.0921. The van der Waals surface area contributed by atoms with Crippen molar-refractivity contribution in [1.82, 2.24) is 0 Å². The summed E-state index contributed by atoms with van der Waals surface area (Å²) >= 11 is 0. The van der Waals surface area contributed by atoms with Gasteiger partial charge in [-0.1, -0.05) is 35.9 Å². The Balaban J connectivity index is 2.00. The monoisotopic (exact) mass is 254 g/mol. The van der Waals surface area contributed by atoms with Gasteiger partial charge in [0.05, 0.1) is 0 Å². The highest BCUT2D eigenvalue weighted by Crippen LogP contribution is 2.16. The van der Waals surface area contributed by atoms with E-state index >= 15 is 0 Å². The van der Waals surface area contributed by atoms with E-state index in [1.165, 1.54) is 11.1 Å². The zero-order valence-electron chi connectivity index (χ0n) is 11.6. The summed E-state index contributed by atoms with van der Waals surface area (Å²) in [5.74, 6) is 0.738. The lowest BCUT2D eigenvalue weighted by Crippen LogP contribution is -2.11. The van der Waals surface area contributed by atoms with Crippen molar-refractivity contribution in [3.8, 4) is 5.75 Å². The van der Waals surface area contributed by atoms with Gasteiger partial charge in [0.1, 0.15) is 5.75 Å². The molecule has 0 saturated carbocycles. The van der Waals surface area contributed by atoms with Gasteiger partial charge in [-0.25, -0.2) is 0 Å². The van der Waals surface area contributed by atoms with E-state index < -0.39 is 0 Å². The largest absolute Gasteiger partial charge is 0.485 e. The molecular formula is C17H18O2. The molecule has 0 aromatic heterocycles. The van der Waals surface area contributed by atoms with Crippen LogP contribution in [0.1, 0.15) is 27.0 Å². The quantitative estimate of drug-likeness (QED) is 0.774. The first-order chi connectivity index (χ1) is 9.06. The van der Waals surface area contributed by atoms with E-state index in [0.29, 0.717) is 5.56 Å². The minimum atomic E-state index is -0.00164. The Labute approximate surface area is 114 Å². The minimum absolute atomic E-state index is 0.00164. The third-order valence-electron chi connectivity index (χ3n) is 3.22. The Morgan fingerprint density at radius 2 is 1.63 bits per heavy atom. The van der Waals surface area contributed by atoms with E-state index in [0.717, 1.165) is 11.3 Å². The lowest BCUT2D eigenvalue weighted by Gasteiger charge is -2.08. The number of benzene rings is 2. The molecule has 2 aromatic carbocycles. The van der Waals surface area contributed by atoms with Crippen LogP contribution in [0.2, 0.25) is 0 Å². The number of rotatable bonds is 4. The Morgan fingerprint density at radius 3 is 2.26 bits per heavy atom. The van der Waals surface area contributed by atoms with Crippen molar-refractivity contribution in [1.29, 1.82) is 0 Å². The van der Waals surface area contributed by atoms with Crippen LogP contribution in [0.15, 0.2) is 42.5 Å². The van der Waals surface area contributed by atoms with Gasteiger partial charge < -0.3 is 4.74 Å². The van der Waals surface area contributed by atoms with E-state index in [-0.39, 0.29) is 12.4 Å². The fourth-order valence-electron chi connectivity index (χ4n) is 1.78. The fraction of sp³-hybridized carbons (Fsp3) is 0.235. The van der Waals surface area contributed by atoms with Crippen molar-refractivity contribution in [2.75, 3.05) is 6.61 Å². The highest BCUT2D eigenvalue weighted by Gasteiger charge is 2.06. The fourth-order valence-corrected chi connectivity index (χ4v) is 1.78. The molecule has 0 radical (unpaired) electrons. The van der Waals surface area contributed by atoms with Crippen LogP contribution in [-0.4, -0.2) is 12.4 Å². The average Bonchev–Trinajstić information content (AvgIpc) is 2.40. The van der Waals surface area contributed by atoms with Crippen LogP contribution in [-0.2, 0) is 0 Å². The van der Waals surface area contributed by atoms with Crippen LogP contribution in [0.3, 0.4) is 0 Å². The van der Waals surface area contributed by atoms with Gasteiger partial charge in [-0.3, -0.25) is 4.79 Å². The van der Waals surface area contributed by atoms with Crippen molar-refractivity contribution in [3.63, 3.8) is 0 Å². The zero-order chi connectivity index (χ0) is 13.8. The molecule has 19 heavy (non-hydrogen) atoms. The Bertz CT molecular complexity index is 583. The van der Waals surface area contributed by atoms with Crippen molar-refractivity contribution >= 4 is 5.78 Å². The van der Waals surface area contributed by atoms with E-state index in [1.807, 2.05) is 56.3 Å². The lowest BCUT2D eigenvalue weighted by atomic mass is 10.1. The van der Waals surface area contributed by atoms with Gasteiger partial charge in [-0.05, 0) is 44.0 Å². The van der Waals surface area contributed by atoms with Gasteiger partial charge in [-0.15, -0.1) is 0 Å². The summed E-state index contributed by atoms with van der Waals surface area (Å²) < 4.78 is 5.54. The molecule has 0 spiro atoms. The van der Waals surface area contributed by atoms with E-state index in [2.05, 4.69) is 6.92 Å². The van der Waals surface area contributed by atoms with Gasteiger partial charge in [0.15, 0.2) is 12.4 Å². The highest BCUT2D eigenvalue weighted by molar-refractivity contribution is 5.97. The van der Waals surface area contributed by atoms with E-state index in [1.54, 1.807) is 0 Å². The molecule has 2 heteroatoms. The molecule has 0 amide bonds. The zero-order valence-corrected chi connectivity index (χ0v) is 11.6. The maximum absolute atomic E-state index is 12.0. The predicted molar refractivity (Wildman–Crippen MR) is 76.9 cm³/mol. The maximum Gasteiger partial charge on any atom is 0.200 e. The standard InChI is InChI=1S/C17H18O2/c1-12-4-7-15(8-5-12)17(18)11-19-16-9-6-13(2)14(3)10-16/h4-10H,11H2,1-3H3. The molecule has 0 aliphatic rings. The number of aryl methyl sites for hydroxylation is 3. The molecule has 0 atom stereocenters. The summed E-state index contributed by atoms with van der Waals surface area (Å²) in [4.78, 5) is 12.0. The second-order valence-corrected chi connectivity index (χ2v) is 4.82. The molecule has 2 aromatic rings. The third-order valence-corrected chi connectivity index (χ3v) is 3.22. The number of Topliss-reactive ketones (excluding diaryl/α,β-unsaturated/α-hetero) is 1. The first-order valence-corrected chi connectivity index (χ1v) is 6.36. The first kappa shape index (κ1) is 13.3. The number of carbonyl (C=O) groups is 1. The molecule has 0 aliphatic heterocycles. The van der Waals surface area contributed by atoms with Gasteiger partial charge in [0.2, 0.25) is 0 Å². The molecule has 2 nitrogen and oxygen atoms in total. The van der Waals surface area contributed by atoms with Crippen LogP contribution in [0.4, 0.5) is 0 Å². The smallest absolute Gasteiger partial charge is 0.200 e. The van der Waals surface area contributed by atoms with Crippen LogP contribution in [0, 0.1) is 20.8 Å². The summed E-state index contributed by atoms with van der Waals surface area (Å²) in [7, 11) is 0. The van der Waals surface area contributed by atoms with Gasteiger partial charge in [0, 0.05) is 5.56 Å². The van der Waals surface area contributed by atoms with Crippen molar-refractivity contribution in [2.24, 2.45) is 0 Å². The third kappa shape index (κ3) is 3.44. The topological polar surface area (TPSA) is 26.3 Å². The summed E-state index contributed by atoms with van der Waals surface area (Å²) in [5, 5.41) is 0. The summed E-state index contributed by atoms with van der Waals surface area (Å²) in [6.45, 7) is 6.16. The average molecular weight is 254 g/mol. The normalized spacial score (nSPS) is 10.3. The number of hydrogen-bond acceptors (Lipinski definition) is 2. The number of ketones is 1. The molecule has 0 bridgehead atoms. The van der Waals surface area contributed by atoms with E-state index in [4.69, 9.17) is 4.74 Å². The van der Waals surface area contributed by atoms with Crippen LogP contribution >= 0.6 is 0 Å². The molecule has 0 saturated heterocycles. The summed E-state index contributed by atoms with van der Waals surface area (Å²) in [6.07, 6.45) is 0. The molecule has 0 aliphatic carbocycles. The Morgan fingerprint density at radius 1 is 0.947 bits per heavy atom. The summed E-state index contributed by atoms with van der Waals surface area (Å²) in [6, 6.07) is 13.4. The van der Waals surface area contributed by atoms with Crippen molar-refractivity contribution in [3.05, 3.63) is 64.7 Å². The Hall–Kier alpha value is -2.09. The van der Waals surface area contributed by atoms with Gasteiger partial charge in [0.25, 0.3) is 0 Å². The molecular weight excluding hydrogens is 236 g/mol. The van der Waals surface area contributed by atoms with Crippen LogP contribution in [0.25, 0.3) is 0 Å². The predicted octanol–water partition coefficient (Wildman–Crippen LogP) is 3.87. The molecule has 0 fully saturated rings. The molecule has 98 valence electrons. The van der Waals surface area contributed by atoms with E-state index in [9.17, 15) is 4.79 Å². The van der Waals surface area contributed by atoms with Gasteiger partial charge >= 0.3 is 0 Å². The highest BCUT2D eigenvalue weighted by atomic mass is 16.5. The van der Waals surface area contributed by atoms with Crippen LogP contribution in [0.5, 0.6) is 5.75 Å². The van der Waals surface area contributed by atoms with Crippen LogP contribution < -0.4 is 4.74 Å². The maximum atomic E-state index is 12.0. The number of ether oxygens (including phenoxy) is 1. The molecule has 0 unspecified atom stereocenters. The van der Waals surface area contributed by atoms with Crippen molar-refractivity contribution in [2.45, 2.75) is 20.8 Å². The Kier molecular flexibility index (Phi) is 4.00. The first-order valence-electron chi connectivity index (χ1n) is 6.36. The molecule has 2 rings (SSSR count).